The number of fused-ring (bicyclic) bond motifs is 1. The van der Waals surface area contributed by atoms with E-state index in [0.717, 1.165) is 23.0 Å². The lowest BCUT2D eigenvalue weighted by Gasteiger charge is -2.13. The lowest BCUT2D eigenvalue weighted by molar-refractivity contribution is -0.140. The third-order valence-corrected chi connectivity index (χ3v) is 7.18. The van der Waals surface area contributed by atoms with E-state index in [1.165, 1.54) is 31.2 Å². The standard InChI is InChI=1S/C27H20F4N8O2S/c1-38-11-18(27(28,29)30)35-23(38)16-5-3-14(4-6-16)12-41-26-19-17(9-32)10-39(42-31)24(19)36-22(37-26)20-21(15-7-8-15)33-13-34-25(20)40-2/h3-6,10-11,13,15H,7-8,12H2,1-2H3. The summed E-state index contributed by atoms with van der Waals surface area (Å²) in [4.78, 5) is 21.5. The molecule has 0 unspecified atom stereocenters. The molecule has 0 amide bonds. The number of benzene rings is 1. The number of methoxy groups -OCH3 is 1. The second-order valence-corrected chi connectivity index (χ2v) is 10.1. The summed E-state index contributed by atoms with van der Waals surface area (Å²) < 4.78 is 67.2. The summed E-state index contributed by atoms with van der Waals surface area (Å²) in [7, 11) is 2.95. The number of halogens is 4. The Morgan fingerprint density at radius 1 is 1.07 bits per heavy atom. The topological polar surface area (TPSA) is 117 Å². The average Bonchev–Trinajstić information content (AvgIpc) is 3.66. The number of nitrogens with zero attached hydrogens (tertiary/aromatic N) is 8. The molecule has 0 bridgehead atoms. The number of alkyl halides is 3. The molecule has 1 aromatic carbocycles. The van der Waals surface area contributed by atoms with Crippen LogP contribution in [0.4, 0.5) is 17.1 Å². The lowest BCUT2D eigenvalue weighted by Crippen LogP contribution is -2.05. The van der Waals surface area contributed by atoms with Crippen molar-refractivity contribution in [3.05, 3.63) is 65.5 Å². The van der Waals surface area contributed by atoms with Gasteiger partial charge in [0.05, 0.1) is 23.8 Å². The normalized spacial score (nSPS) is 13.4. The number of aromatic nitrogens is 7. The monoisotopic (exact) mass is 596 g/mol. The van der Waals surface area contributed by atoms with E-state index in [4.69, 9.17) is 9.47 Å². The molecular weight excluding hydrogens is 576 g/mol. The Kier molecular flexibility index (Phi) is 6.93. The van der Waals surface area contributed by atoms with Gasteiger partial charge in [-0.15, -0.1) is 3.89 Å². The van der Waals surface area contributed by atoms with Gasteiger partial charge in [-0.25, -0.2) is 23.9 Å². The Morgan fingerprint density at radius 2 is 1.83 bits per heavy atom. The van der Waals surface area contributed by atoms with Gasteiger partial charge in [-0.3, -0.25) is 0 Å². The van der Waals surface area contributed by atoms with Gasteiger partial charge in [0.15, 0.2) is 29.5 Å². The van der Waals surface area contributed by atoms with Crippen molar-refractivity contribution in [2.45, 2.75) is 31.5 Å². The van der Waals surface area contributed by atoms with Crippen molar-refractivity contribution in [2.75, 3.05) is 7.11 Å². The van der Waals surface area contributed by atoms with Crippen molar-refractivity contribution < 1.29 is 26.5 Å². The van der Waals surface area contributed by atoms with Gasteiger partial charge in [-0.05, 0) is 18.4 Å². The highest BCUT2D eigenvalue weighted by molar-refractivity contribution is 7.92. The van der Waals surface area contributed by atoms with Gasteiger partial charge >= 0.3 is 6.18 Å². The van der Waals surface area contributed by atoms with Crippen LogP contribution in [0.1, 0.15) is 41.3 Å². The smallest absolute Gasteiger partial charge is 0.434 e. The van der Waals surface area contributed by atoms with Crippen LogP contribution >= 0.6 is 12.3 Å². The maximum absolute atomic E-state index is 13.9. The van der Waals surface area contributed by atoms with Crippen molar-refractivity contribution in [1.82, 2.24) is 33.5 Å². The van der Waals surface area contributed by atoms with Crippen LogP contribution in [-0.4, -0.2) is 40.6 Å². The van der Waals surface area contributed by atoms with Gasteiger partial charge in [0.25, 0.3) is 0 Å². The first kappa shape index (κ1) is 27.5. The lowest BCUT2D eigenvalue weighted by atomic mass is 10.1. The SMILES string of the molecule is COc1ncnc(C2CC2)c1-c1nc(OCc2ccc(-c3nc(C(F)(F)F)cn3C)cc2)c2c(C#N)cn(SF)c2n1. The highest BCUT2D eigenvalue weighted by atomic mass is 32.2. The van der Waals surface area contributed by atoms with Crippen LogP contribution in [0.2, 0.25) is 0 Å². The largest absolute Gasteiger partial charge is 0.480 e. The Hall–Kier alpha value is -4.71. The molecule has 15 heteroatoms. The summed E-state index contributed by atoms with van der Waals surface area (Å²) in [5, 5.41) is 9.96. The minimum absolute atomic E-state index is 0.0169. The molecule has 0 radical (unpaired) electrons. The molecule has 1 fully saturated rings. The highest BCUT2D eigenvalue weighted by Crippen LogP contribution is 2.45. The van der Waals surface area contributed by atoms with Crippen LogP contribution in [-0.2, 0) is 19.8 Å². The molecule has 1 aliphatic carbocycles. The number of ether oxygens (including phenoxy) is 2. The molecule has 0 N–H and O–H groups in total. The van der Waals surface area contributed by atoms with Crippen LogP contribution in [0, 0.1) is 11.3 Å². The molecule has 4 heterocycles. The summed E-state index contributed by atoms with van der Waals surface area (Å²) in [5.74, 6) is 0.783. The molecule has 1 aliphatic rings. The predicted molar refractivity (Wildman–Crippen MR) is 144 cm³/mol. The third-order valence-electron chi connectivity index (χ3n) is 6.75. The van der Waals surface area contributed by atoms with Crippen LogP contribution in [0.15, 0.2) is 43.0 Å². The molecule has 214 valence electrons. The number of hydrogen-bond donors (Lipinski definition) is 0. The predicted octanol–water partition coefficient (Wildman–Crippen LogP) is 6.03. The summed E-state index contributed by atoms with van der Waals surface area (Å²) in [6, 6.07) is 8.66. The first-order valence-corrected chi connectivity index (χ1v) is 13.2. The van der Waals surface area contributed by atoms with Gasteiger partial charge in [0, 0.05) is 30.9 Å². The molecular formula is C27H20F4N8O2S. The van der Waals surface area contributed by atoms with Gasteiger partial charge in [-0.1, -0.05) is 24.3 Å². The Morgan fingerprint density at radius 3 is 2.45 bits per heavy atom. The third kappa shape index (κ3) is 4.98. The van der Waals surface area contributed by atoms with Gasteiger partial charge in [-0.2, -0.15) is 23.4 Å². The molecule has 42 heavy (non-hydrogen) atoms. The van der Waals surface area contributed by atoms with E-state index in [0.29, 0.717) is 22.4 Å². The summed E-state index contributed by atoms with van der Waals surface area (Å²) in [5.41, 5.74) is 1.57. The van der Waals surface area contributed by atoms with Crippen molar-refractivity contribution >= 4 is 23.4 Å². The van der Waals surface area contributed by atoms with Crippen molar-refractivity contribution in [1.29, 1.82) is 5.26 Å². The Bertz CT molecular complexity index is 1840. The van der Waals surface area contributed by atoms with Crippen LogP contribution < -0.4 is 9.47 Å². The second kappa shape index (κ2) is 10.6. The van der Waals surface area contributed by atoms with Crippen LogP contribution in [0.5, 0.6) is 11.8 Å². The fraction of sp³-hybridized carbons (Fsp3) is 0.259. The zero-order valence-electron chi connectivity index (χ0n) is 22.1. The Balaban J connectivity index is 1.37. The summed E-state index contributed by atoms with van der Waals surface area (Å²) >= 11 is -0.123. The van der Waals surface area contributed by atoms with E-state index in [2.05, 4.69) is 24.9 Å². The van der Waals surface area contributed by atoms with Gasteiger partial charge in [0.1, 0.15) is 30.4 Å². The number of imidazole rings is 1. The number of rotatable bonds is 8. The number of aryl methyl sites for hydroxylation is 1. The number of hydrogen-bond acceptors (Lipinski definition) is 9. The maximum Gasteiger partial charge on any atom is 0.434 e. The Labute approximate surface area is 240 Å². The molecule has 0 aliphatic heterocycles. The molecule has 5 aromatic rings. The van der Waals surface area contributed by atoms with Crippen molar-refractivity contribution in [3.8, 4) is 40.6 Å². The quantitative estimate of drug-likeness (QED) is 0.198. The fourth-order valence-electron chi connectivity index (χ4n) is 4.61. The molecule has 0 atom stereocenters. The van der Waals surface area contributed by atoms with E-state index in [9.17, 15) is 22.3 Å². The molecule has 0 saturated heterocycles. The number of nitriles is 1. The van der Waals surface area contributed by atoms with E-state index >= 15 is 0 Å². The zero-order valence-corrected chi connectivity index (χ0v) is 22.9. The van der Waals surface area contributed by atoms with Crippen LogP contribution in [0.25, 0.3) is 33.8 Å². The zero-order chi connectivity index (χ0) is 29.6. The maximum atomic E-state index is 13.9. The molecule has 1 saturated carbocycles. The first-order valence-electron chi connectivity index (χ1n) is 12.6. The molecule has 0 spiro atoms. The molecule has 10 nitrogen and oxygen atoms in total. The molecule has 4 aromatic heterocycles. The molecule has 6 rings (SSSR count). The minimum atomic E-state index is -4.55. The van der Waals surface area contributed by atoms with Crippen molar-refractivity contribution in [2.24, 2.45) is 7.05 Å². The van der Waals surface area contributed by atoms with Gasteiger partial charge in [0.2, 0.25) is 11.8 Å². The second-order valence-electron chi connectivity index (χ2n) is 9.56. The van der Waals surface area contributed by atoms with E-state index in [1.807, 2.05) is 6.07 Å². The van der Waals surface area contributed by atoms with E-state index in [-0.39, 0.29) is 64.9 Å². The highest BCUT2D eigenvalue weighted by Gasteiger charge is 2.35. The van der Waals surface area contributed by atoms with E-state index < -0.39 is 11.9 Å². The average molecular weight is 597 g/mol. The van der Waals surface area contributed by atoms with Gasteiger partial charge < -0.3 is 14.0 Å². The summed E-state index contributed by atoms with van der Waals surface area (Å²) in [6.07, 6.45) is 0.944. The summed E-state index contributed by atoms with van der Waals surface area (Å²) in [6.45, 7) is -0.0169. The minimum Gasteiger partial charge on any atom is -0.480 e. The van der Waals surface area contributed by atoms with Crippen LogP contribution in [0.3, 0.4) is 0 Å². The fourth-order valence-corrected chi connectivity index (χ4v) is 4.95. The first-order chi connectivity index (χ1) is 20.2. The van der Waals surface area contributed by atoms with Crippen molar-refractivity contribution in [3.63, 3.8) is 0 Å². The van der Waals surface area contributed by atoms with E-state index in [1.54, 1.807) is 24.3 Å².